The van der Waals surface area contributed by atoms with Gasteiger partial charge in [0.1, 0.15) is 0 Å². The minimum atomic E-state index is -0.0668. The van der Waals surface area contributed by atoms with Crippen molar-refractivity contribution in [1.29, 1.82) is 0 Å². The van der Waals surface area contributed by atoms with Crippen molar-refractivity contribution in [2.75, 3.05) is 13.3 Å². The molecule has 2 aromatic carbocycles. The number of aromatic nitrogens is 1. The van der Waals surface area contributed by atoms with Crippen LogP contribution >= 0.6 is 0 Å². The first-order chi connectivity index (χ1) is 13.1. The Morgan fingerprint density at radius 3 is 2.81 bits per heavy atom. The first-order valence-electron chi connectivity index (χ1n) is 9.34. The zero-order valence-corrected chi connectivity index (χ0v) is 15.6. The number of aromatic amines is 1. The molecule has 0 radical (unpaired) electrons. The van der Waals surface area contributed by atoms with Crippen LogP contribution < -0.4 is 14.8 Å². The number of carbonyl (C=O) groups is 1. The van der Waals surface area contributed by atoms with Gasteiger partial charge in [0.05, 0.1) is 0 Å². The van der Waals surface area contributed by atoms with E-state index in [1.807, 2.05) is 42.6 Å². The van der Waals surface area contributed by atoms with E-state index in [9.17, 15) is 4.79 Å². The van der Waals surface area contributed by atoms with E-state index < -0.39 is 0 Å². The third-order valence-electron chi connectivity index (χ3n) is 4.89. The molecule has 1 amide bonds. The summed E-state index contributed by atoms with van der Waals surface area (Å²) < 4.78 is 11.0. The maximum atomic E-state index is 12.6. The number of fused-ring (bicyclic) bond motifs is 2. The lowest BCUT2D eigenvalue weighted by atomic mass is 9.87. The predicted octanol–water partition coefficient (Wildman–Crippen LogP) is 4.19. The van der Waals surface area contributed by atoms with Gasteiger partial charge in [-0.1, -0.05) is 38.1 Å². The molecule has 5 nitrogen and oxygen atoms in total. The fourth-order valence-corrected chi connectivity index (χ4v) is 3.50. The van der Waals surface area contributed by atoms with Crippen molar-refractivity contribution >= 4 is 16.8 Å². The summed E-state index contributed by atoms with van der Waals surface area (Å²) in [5.41, 5.74) is 3.23. The van der Waals surface area contributed by atoms with Crippen LogP contribution in [0.5, 0.6) is 11.5 Å². The average Bonchev–Trinajstić information content (AvgIpc) is 3.30. The highest BCUT2D eigenvalue weighted by atomic mass is 16.7. The standard InChI is InChI=1S/C22H24N2O3/c1-14(2)11-24-22(25)10-17(15-7-8-20-21(9-15)27-13-26-20)18-12-23-19-6-4-3-5-16(18)19/h3-9,12,14,17,23H,10-11,13H2,1-2H3,(H,24,25)/t17-/m0/s1. The molecule has 0 bridgehead atoms. The Hall–Kier alpha value is -2.95. The van der Waals surface area contributed by atoms with Gasteiger partial charge in [-0.3, -0.25) is 4.79 Å². The number of benzene rings is 2. The zero-order chi connectivity index (χ0) is 18.8. The van der Waals surface area contributed by atoms with Gasteiger partial charge in [-0.05, 0) is 35.2 Å². The van der Waals surface area contributed by atoms with Crippen molar-refractivity contribution in [1.82, 2.24) is 10.3 Å². The number of ether oxygens (including phenoxy) is 2. The Labute approximate surface area is 158 Å². The van der Waals surface area contributed by atoms with Crippen LogP contribution in [0.15, 0.2) is 48.7 Å². The van der Waals surface area contributed by atoms with E-state index in [0.29, 0.717) is 18.9 Å². The Morgan fingerprint density at radius 1 is 1.15 bits per heavy atom. The van der Waals surface area contributed by atoms with Gasteiger partial charge in [-0.25, -0.2) is 0 Å². The smallest absolute Gasteiger partial charge is 0.231 e. The Bertz CT molecular complexity index is 961. The van der Waals surface area contributed by atoms with Crippen molar-refractivity contribution in [3.8, 4) is 11.5 Å². The minimum Gasteiger partial charge on any atom is -0.454 e. The summed E-state index contributed by atoms with van der Waals surface area (Å²) in [6, 6.07) is 14.1. The molecule has 2 heterocycles. The van der Waals surface area contributed by atoms with Gasteiger partial charge in [-0.2, -0.15) is 0 Å². The van der Waals surface area contributed by atoms with Gasteiger partial charge < -0.3 is 19.8 Å². The van der Waals surface area contributed by atoms with Crippen LogP contribution in [0, 0.1) is 5.92 Å². The predicted molar refractivity (Wildman–Crippen MR) is 105 cm³/mol. The molecule has 27 heavy (non-hydrogen) atoms. The summed E-state index contributed by atoms with van der Waals surface area (Å²) in [6.07, 6.45) is 2.39. The number of rotatable bonds is 6. The van der Waals surface area contributed by atoms with Gasteiger partial charge >= 0.3 is 0 Å². The number of para-hydroxylation sites is 1. The lowest BCUT2D eigenvalue weighted by Gasteiger charge is -2.18. The first kappa shape index (κ1) is 17.5. The molecule has 0 saturated heterocycles. The van der Waals surface area contributed by atoms with Gasteiger partial charge in [-0.15, -0.1) is 0 Å². The average molecular weight is 364 g/mol. The van der Waals surface area contributed by atoms with Crippen LogP contribution in [0.4, 0.5) is 0 Å². The van der Waals surface area contributed by atoms with Crippen molar-refractivity contribution in [3.05, 3.63) is 59.8 Å². The van der Waals surface area contributed by atoms with Crippen molar-refractivity contribution in [3.63, 3.8) is 0 Å². The van der Waals surface area contributed by atoms with Gasteiger partial charge in [0, 0.05) is 36.0 Å². The van der Waals surface area contributed by atoms with Crippen LogP contribution in [0.25, 0.3) is 10.9 Å². The summed E-state index contributed by atoms with van der Waals surface area (Å²) in [5.74, 6) is 1.89. The summed E-state index contributed by atoms with van der Waals surface area (Å²) in [5, 5.41) is 4.18. The molecule has 0 aliphatic carbocycles. The molecule has 2 N–H and O–H groups in total. The fraction of sp³-hybridized carbons (Fsp3) is 0.318. The fourth-order valence-electron chi connectivity index (χ4n) is 3.50. The van der Waals surface area contributed by atoms with Crippen LogP contribution in [0.1, 0.15) is 37.3 Å². The van der Waals surface area contributed by atoms with E-state index in [2.05, 4.69) is 30.2 Å². The Balaban J connectivity index is 1.70. The third kappa shape index (κ3) is 3.63. The van der Waals surface area contributed by atoms with Crippen LogP contribution in [-0.4, -0.2) is 24.2 Å². The third-order valence-corrected chi connectivity index (χ3v) is 4.89. The second-order valence-electron chi connectivity index (χ2n) is 7.36. The van der Waals surface area contributed by atoms with E-state index in [1.54, 1.807) is 0 Å². The highest BCUT2D eigenvalue weighted by Gasteiger charge is 2.24. The van der Waals surface area contributed by atoms with Crippen molar-refractivity contribution < 1.29 is 14.3 Å². The van der Waals surface area contributed by atoms with Crippen molar-refractivity contribution in [2.45, 2.75) is 26.2 Å². The highest BCUT2D eigenvalue weighted by Crippen LogP contribution is 2.39. The van der Waals surface area contributed by atoms with Crippen LogP contribution in [-0.2, 0) is 4.79 Å². The maximum absolute atomic E-state index is 12.6. The van der Waals surface area contributed by atoms with E-state index in [1.165, 1.54) is 0 Å². The van der Waals surface area contributed by atoms with Crippen LogP contribution in [0.3, 0.4) is 0 Å². The lowest BCUT2D eigenvalue weighted by molar-refractivity contribution is -0.121. The highest BCUT2D eigenvalue weighted by molar-refractivity contribution is 5.86. The number of hydrogen-bond donors (Lipinski definition) is 2. The van der Waals surface area contributed by atoms with Gasteiger partial charge in [0.2, 0.25) is 12.7 Å². The number of H-pyrrole nitrogens is 1. The molecule has 3 aromatic rings. The molecular formula is C22H24N2O3. The SMILES string of the molecule is CC(C)CNC(=O)C[C@@H](c1ccc2c(c1)OCO2)c1c[nH]c2ccccc12. The van der Waals surface area contributed by atoms with E-state index in [-0.39, 0.29) is 18.6 Å². The molecule has 0 unspecified atom stereocenters. The van der Waals surface area contributed by atoms with E-state index in [0.717, 1.165) is 33.5 Å². The number of nitrogens with one attached hydrogen (secondary N) is 2. The summed E-state index contributed by atoms with van der Waals surface area (Å²) >= 11 is 0. The molecule has 4 rings (SSSR count). The summed E-state index contributed by atoms with van der Waals surface area (Å²) in [7, 11) is 0. The minimum absolute atomic E-state index is 0.0525. The molecule has 1 aromatic heterocycles. The van der Waals surface area contributed by atoms with E-state index >= 15 is 0 Å². The monoisotopic (exact) mass is 364 g/mol. The molecular weight excluding hydrogens is 340 g/mol. The molecule has 1 atom stereocenters. The molecule has 0 spiro atoms. The van der Waals surface area contributed by atoms with Gasteiger partial charge in [0.25, 0.3) is 0 Å². The largest absolute Gasteiger partial charge is 0.454 e. The quantitative estimate of drug-likeness (QED) is 0.689. The number of carbonyl (C=O) groups excluding carboxylic acids is 1. The molecule has 5 heteroatoms. The number of hydrogen-bond acceptors (Lipinski definition) is 3. The number of amides is 1. The summed E-state index contributed by atoms with van der Waals surface area (Å²) in [4.78, 5) is 15.9. The first-order valence-corrected chi connectivity index (χ1v) is 9.34. The van der Waals surface area contributed by atoms with Gasteiger partial charge in [0.15, 0.2) is 11.5 Å². The van der Waals surface area contributed by atoms with E-state index in [4.69, 9.17) is 9.47 Å². The van der Waals surface area contributed by atoms with Crippen LogP contribution in [0.2, 0.25) is 0 Å². The molecule has 1 aliphatic heterocycles. The molecule has 1 aliphatic rings. The second kappa shape index (κ2) is 7.35. The Morgan fingerprint density at radius 2 is 1.96 bits per heavy atom. The lowest BCUT2D eigenvalue weighted by Crippen LogP contribution is -2.28. The zero-order valence-electron chi connectivity index (χ0n) is 15.6. The Kier molecular flexibility index (Phi) is 4.75. The topological polar surface area (TPSA) is 63.4 Å². The molecule has 140 valence electrons. The van der Waals surface area contributed by atoms with Crippen molar-refractivity contribution in [2.24, 2.45) is 5.92 Å². The normalized spacial score (nSPS) is 13.9. The summed E-state index contributed by atoms with van der Waals surface area (Å²) in [6.45, 7) is 5.11. The second-order valence-corrected chi connectivity index (χ2v) is 7.36. The molecule has 0 saturated carbocycles. The maximum Gasteiger partial charge on any atom is 0.231 e. The molecule has 0 fully saturated rings.